The Morgan fingerprint density at radius 1 is 1.50 bits per heavy atom. The number of aliphatic carboxylic acids is 1. The van der Waals surface area contributed by atoms with Crippen molar-refractivity contribution in [3.8, 4) is 6.07 Å². The maximum Gasteiger partial charge on any atom is 0.325 e. The molecule has 6 nitrogen and oxygen atoms in total. The van der Waals surface area contributed by atoms with Crippen molar-refractivity contribution in [3.63, 3.8) is 0 Å². The van der Waals surface area contributed by atoms with Crippen molar-refractivity contribution in [1.29, 1.82) is 5.26 Å². The van der Waals surface area contributed by atoms with Gasteiger partial charge in [0.2, 0.25) is 0 Å². The van der Waals surface area contributed by atoms with Crippen molar-refractivity contribution in [3.05, 3.63) is 0 Å². The van der Waals surface area contributed by atoms with Crippen LogP contribution < -0.4 is 5.32 Å². The number of carboxylic acid groups (broad SMARTS) is 1. The number of carbonyl (C=O) groups excluding carboxylic acids is 1. The Kier molecular flexibility index (Phi) is 5.47. The number of carboxylic acids is 1. The van der Waals surface area contributed by atoms with E-state index < -0.39 is 23.5 Å². The summed E-state index contributed by atoms with van der Waals surface area (Å²) in [5.41, 5.74) is -0.654. The molecule has 2 N–H and O–H groups in total. The standard InChI is InChI=1S/C10H16N2O4/c1-10(2,3)16-9(15)7(4-11)5-12-6-8(13)14/h7,12H,5-6H2,1-3H3,(H,13,14). The van der Waals surface area contributed by atoms with Gasteiger partial charge in [-0.1, -0.05) is 0 Å². The number of nitriles is 1. The number of carbonyl (C=O) groups is 2. The zero-order chi connectivity index (χ0) is 12.8. The van der Waals surface area contributed by atoms with E-state index in [9.17, 15) is 9.59 Å². The molecule has 0 fully saturated rings. The Labute approximate surface area is 94.2 Å². The topological polar surface area (TPSA) is 99.4 Å². The van der Waals surface area contributed by atoms with Crippen LogP contribution in [0.2, 0.25) is 0 Å². The van der Waals surface area contributed by atoms with Gasteiger partial charge in [0.25, 0.3) is 0 Å². The fraction of sp³-hybridized carbons (Fsp3) is 0.700. The fourth-order valence-corrected chi connectivity index (χ4v) is 0.878. The third kappa shape index (κ3) is 6.79. The average Bonchev–Trinajstić information content (AvgIpc) is 2.08. The van der Waals surface area contributed by atoms with Crippen LogP contribution in [0.1, 0.15) is 20.8 Å². The van der Waals surface area contributed by atoms with E-state index in [0.29, 0.717) is 0 Å². The SMILES string of the molecule is CC(C)(C)OC(=O)C(C#N)CNCC(=O)O. The smallest absolute Gasteiger partial charge is 0.325 e. The molecule has 0 aliphatic heterocycles. The third-order valence-electron chi connectivity index (χ3n) is 1.47. The molecule has 1 atom stereocenters. The monoisotopic (exact) mass is 228 g/mol. The molecular weight excluding hydrogens is 212 g/mol. The van der Waals surface area contributed by atoms with Crippen molar-refractivity contribution >= 4 is 11.9 Å². The molecule has 0 bridgehead atoms. The molecule has 0 spiro atoms. The van der Waals surface area contributed by atoms with Crippen molar-refractivity contribution in [2.24, 2.45) is 5.92 Å². The zero-order valence-electron chi connectivity index (χ0n) is 9.61. The molecule has 0 aromatic rings. The third-order valence-corrected chi connectivity index (χ3v) is 1.47. The predicted molar refractivity (Wildman–Crippen MR) is 55.5 cm³/mol. The summed E-state index contributed by atoms with van der Waals surface area (Å²) in [6, 6.07) is 1.77. The summed E-state index contributed by atoms with van der Waals surface area (Å²) in [7, 11) is 0. The minimum absolute atomic E-state index is 0.0300. The molecule has 0 aliphatic carbocycles. The summed E-state index contributed by atoms with van der Waals surface area (Å²) in [6.45, 7) is 4.77. The minimum atomic E-state index is -1.04. The summed E-state index contributed by atoms with van der Waals surface area (Å²) in [5.74, 6) is -2.67. The van der Waals surface area contributed by atoms with Crippen LogP contribution in [0.5, 0.6) is 0 Å². The molecular formula is C10H16N2O4. The molecule has 0 amide bonds. The number of hydrogen-bond acceptors (Lipinski definition) is 5. The highest BCUT2D eigenvalue weighted by molar-refractivity contribution is 5.76. The number of rotatable bonds is 5. The van der Waals surface area contributed by atoms with E-state index in [1.165, 1.54) is 0 Å². The van der Waals surface area contributed by atoms with Gasteiger partial charge in [-0.3, -0.25) is 9.59 Å². The highest BCUT2D eigenvalue weighted by Crippen LogP contribution is 2.10. The second kappa shape index (κ2) is 6.08. The van der Waals surface area contributed by atoms with E-state index in [4.69, 9.17) is 15.1 Å². The van der Waals surface area contributed by atoms with E-state index in [2.05, 4.69) is 5.32 Å². The van der Waals surface area contributed by atoms with Crippen molar-refractivity contribution in [2.75, 3.05) is 13.1 Å². The first-order valence-electron chi connectivity index (χ1n) is 4.81. The van der Waals surface area contributed by atoms with Gasteiger partial charge >= 0.3 is 11.9 Å². The van der Waals surface area contributed by atoms with Crippen LogP contribution in [0, 0.1) is 17.2 Å². The molecule has 6 heteroatoms. The number of nitrogens with zero attached hydrogens (tertiary/aromatic N) is 1. The van der Waals surface area contributed by atoms with Gasteiger partial charge in [0.05, 0.1) is 12.6 Å². The summed E-state index contributed by atoms with van der Waals surface area (Å²) in [5, 5.41) is 19.6. The highest BCUT2D eigenvalue weighted by Gasteiger charge is 2.24. The number of nitrogens with one attached hydrogen (secondary N) is 1. The summed E-state index contributed by atoms with van der Waals surface area (Å²) in [4.78, 5) is 21.6. The largest absolute Gasteiger partial charge is 0.480 e. The molecule has 0 saturated heterocycles. The van der Waals surface area contributed by atoms with Crippen LogP contribution in [-0.2, 0) is 14.3 Å². The summed E-state index contributed by atoms with van der Waals surface area (Å²) in [6.07, 6.45) is 0. The first kappa shape index (κ1) is 14.4. The van der Waals surface area contributed by atoms with Gasteiger partial charge in [0.1, 0.15) is 5.60 Å². The molecule has 16 heavy (non-hydrogen) atoms. The lowest BCUT2D eigenvalue weighted by atomic mass is 10.1. The second-order valence-electron chi connectivity index (χ2n) is 4.24. The molecule has 0 saturated carbocycles. The lowest BCUT2D eigenvalue weighted by Crippen LogP contribution is -2.35. The maximum absolute atomic E-state index is 11.4. The van der Waals surface area contributed by atoms with E-state index in [1.807, 2.05) is 0 Å². The van der Waals surface area contributed by atoms with Gasteiger partial charge in [0, 0.05) is 6.54 Å². The Balaban J connectivity index is 4.14. The molecule has 0 heterocycles. The number of ether oxygens (including phenoxy) is 1. The van der Waals surface area contributed by atoms with Gasteiger partial charge in [-0.25, -0.2) is 0 Å². The molecule has 0 aliphatic rings. The van der Waals surface area contributed by atoms with Gasteiger partial charge in [-0.2, -0.15) is 5.26 Å². The molecule has 0 rings (SSSR count). The summed E-state index contributed by atoms with van der Waals surface area (Å²) < 4.78 is 5.00. The highest BCUT2D eigenvalue weighted by atomic mass is 16.6. The van der Waals surface area contributed by atoms with Crippen LogP contribution in [0.25, 0.3) is 0 Å². The predicted octanol–water partition coefficient (Wildman–Crippen LogP) is 0.142. The van der Waals surface area contributed by atoms with Gasteiger partial charge < -0.3 is 15.2 Å². The van der Waals surface area contributed by atoms with Gasteiger partial charge in [0.15, 0.2) is 5.92 Å². The maximum atomic E-state index is 11.4. The molecule has 1 unspecified atom stereocenters. The lowest BCUT2D eigenvalue weighted by Gasteiger charge is -2.21. The molecule has 0 aromatic heterocycles. The Hall–Kier alpha value is -1.61. The first-order chi connectivity index (χ1) is 7.26. The molecule has 0 aromatic carbocycles. The Bertz CT molecular complexity index is 301. The quantitative estimate of drug-likeness (QED) is 0.649. The van der Waals surface area contributed by atoms with Crippen LogP contribution in [0.3, 0.4) is 0 Å². The van der Waals surface area contributed by atoms with E-state index >= 15 is 0 Å². The fourth-order valence-electron chi connectivity index (χ4n) is 0.878. The van der Waals surface area contributed by atoms with Gasteiger partial charge in [-0.15, -0.1) is 0 Å². The Morgan fingerprint density at radius 3 is 2.44 bits per heavy atom. The van der Waals surface area contributed by atoms with E-state index in [0.717, 1.165) is 0 Å². The van der Waals surface area contributed by atoms with Crippen molar-refractivity contribution in [1.82, 2.24) is 5.32 Å². The Morgan fingerprint density at radius 2 is 2.06 bits per heavy atom. The number of esters is 1. The summed E-state index contributed by atoms with van der Waals surface area (Å²) >= 11 is 0. The van der Waals surface area contributed by atoms with Crippen LogP contribution in [0.15, 0.2) is 0 Å². The minimum Gasteiger partial charge on any atom is -0.480 e. The van der Waals surface area contributed by atoms with Crippen molar-refractivity contribution < 1.29 is 19.4 Å². The van der Waals surface area contributed by atoms with Crippen molar-refractivity contribution in [2.45, 2.75) is 26.4 Å². The number of hydrogen-bond donors (Lipinski definition) is 2. The molecule has 90 valence electrons. The van der Waals surface area contributed by atoms with Crippen LogP contribution in [-0.4, -0.2) is 35.7 Å². The van der Waals surface area contributed by atoms with E-state index in [-0.39, 0.29) is 13.1 Å². The lowest BCUT2D eigenvalue weighted by molar-refractivity contribution is -0.158. The zero-order valence-corrected chi connectivity index (χ0v) is 9.61. The second-order valence-corrected chi connectivity index (χ2v) is 4.24. The van der Waals surface area contributed by atoms with Crippen LogP contribution in [0.4, 0.5) is 0 Å². The van der Waals surface area contributed by atoms with E-state index in [1.54, 1.807) is 26.8 Å². The normalized spacial score (nSPS) is 12.6. The molecule has 0 radical (unpaired) electrons. The van der Waals surface area contributed by atoms with Crippen LogP contribution >= 0.6 is 0 Å². The average molecular weight is 228 g/mol. The first-order valence-corrected chi connectivity index (χ1v) is 4.81. The van der Waals surface area contributed by atoms with Gasteiger partial charge in [-0.05, 0) is 20.8 Å².